The first-order valence-corrected chi connectivity index (χ1v) is 8.61. The Balaban J connectivity index is 1.60. The maximum atomic E-state index is 11.6. The number of hydrogen-bond acceptors (Lipinski definition) is 2. The van der Waals surface area contributed by atoms with E-state index in [-0.39, 0.29) is 6.09 Å². The molecule has 0 spiro atoms. The summed E-state index contributed by atoms with van der Waals surface area (Å²) in [6.45, 7) is 6.17. The van der Waals surface area contributed by atoms with Gasteiger partial charge < -0.3 is 10.1 Å². The number of carbonyl (C=O) groups excluding carboxylic acids is 1. The fourth-order valence-electron chi connectivity index (χ4n) is 3.20. The van der Waals surface area contributed by atoms with Gasteiger partial charge in [0.25, 0.3) is 0 Å². The topological polar surface area (TPSA) is 38.3 Å². The summed E-state index contributed by atoms with van der Waals surface area (Å²) in [5.41, 5.74) is 3.72. The highest BCUT2D eigenvalue weighted by atomic mass is 16.6. The lowest BCUT2D eigenvalue weighted by atomic mass is 9.99. The second kappa shape index (κ2) is 6.68. The van der Waals surface area contributed by atoms with E-state index >= 15 is 0 Å². The molecule has 3 nitrogen and oxygen atoms in total. The minimum absolute atomic E-state index is 0.360. The zero-order chi connectivity index (χ0) is 17.2. The normalized spacial score (nSPS) is 13.6. The van der Waals surface area contributed by atoms with Crippen molar-refractivity contribution in [2.24, 2.45) is 0 Å². The van der Waals surface area contributed by atoms with Crippen LogP contribution in [-0.4, -0.2) is 18.2 Å². The molecule has 0 unspecified atom stereocenters. The van der Waals surface area contributed by atoms with Crippen LogP contribution in [0.2, 0.25) is 0 Å². The maximum absolute atomic E-state index is 11.6. The third kappa shape index (κ3) is 3.78. The van der Waals surface area contributed by atoms with Gasteiger partial charge in [-0.25, -0.2) is 4.79 Å². The molecule has 0 aromatic heterocycles. The Morgan fingerprint density at radius 2 is 1.92 bits per heavy atom. The fourth-order valence-corrected chi connectivity index (χ4v) is 3.20. The molecule has 0 fully saturated rings. The summed E-state index contributed by atoms with van der Waals surface area (Å²) in [5.74, 6) is 0. The summed E-state index contributed by atoms with van der Waals surface area (Å²) in [7, 11) is 0. The van der Waals surface area contributed by atoms with E-state index in [0.29, 0.717) is 6.54 Å². The van der Waals surface area contributed by atoms with Crippen LogP contribution in [0.1, 0.15) is 43.9 Å². The smallest absolute Gasteiger partial charge is 0.407 e. The standard InChI is InChI=1S/C21H25NO2/c1-21(2,3)24-20(23)22-14-5-4-7-15-10-11-17-13-12-16-8-6-9-18(15)19(16)17/h4,6-11H,5,12-14H2,1-3H3,(H,22,23). The Morgan fingerprint density at radius 1 is 1.17 bits per heavy atom. The van der Waals surface area contributed by atoms with Crippen LogP contribution < -0.4 is 5.32 Å². The monoisotopic (exact) mass is 323 g/mol. The lowest BCUT2D eigenvalue weighted by molar-refractivity contribution is 0.0529. The molecule has 0 bridgehead atoms. The molecular formula is C21H25NO2. The highest BCUT2D eigenvalue weighted by molar-refractivity contribution is 5.96. The lowest BCUT2D eigenvalue weighted by Crippen LogP contribution is -2.32. The zero-order valence-corrected chi connectivity index (χ0v) is 14.7. The first kappa shape index (κ1) is 16.6. The van der Waals surface area contributed by atoms with Gasteiger partial charge in [0.2, 0.25) is 0 Å². The molecule has 24 heavy (non-hydrogen) atoms. The van der Waals surface area contributed by atoms with Crippen LogP contribution >= 0.6 is 0 Å². The first-order chi connectivity index (χ1) is 11.4. The average molecular weight is 323 g/mol. The predicted molar refractivity (Wildman–Crippen MR) is 99.2 cm³/mol. The van der Waals surface area contributed by atoms with Gasteiger partial charge in [-0.15, -0.1) is 0 Å². The van der Waals surface area contributed by atoms with Crippen LogP contribution in [0.15, 0.2) is 36.4 Å². The number of amides is 1. The number of carbonyl (C=O) groups is 1. The van der Waals surface area contributed by atoms with Crippen molar-refractivity contribution >= 4 is 22.9 Å². The molecule has 3 rings (SSSR count). The summed E-state index contributed by atoms with van der Waals surface area (Å²) >= 11 is 0. The van der Waals surface area contributed by atoms with Crippen molar-refractivity contribution in [1.82, 2.24) is 5.32 Å². The number of benzene rings is 2. The van der Waals surface area contributed by atoms with Crippen LogP contribution in [0.25, 0.3) is 16.8 Å². The number of nitrogens with one attached hydrogen (secondary N) is 1. The van der Waals surface area contributed by atoms with Gasteiger partial charge in [0.15, 0.2) is 0 Å². The molecular weight excluding hydrogens is 298 g/mol. The Bertz CT molecular complexity index is 774. The summed E-state index contributed by atoms with van der Waals surface area (Å²) in [5, 5.41) is 5.55. The largest absolute Gasteiger partial charge is 0.444 e. The highest BCUT2D eigenvalue weighted by Gasteiger charge is 2.16. The summed E-state index contributed by atoms with van der Waals surface area (Å²) in [6.07, 6.45) is 6.98. The van der Waals surface area contributed by atoms with Crippen LogP contribution in [-0.2, 0) is 17.6 Å². The quantitative estimate of drug-likeness (QED) is 0.816. The first-order valence-electron chi connectivity index (χ1n) is 8.61. The molecule has 1 aliphatic carbocycles. The highest BCUT2D eigenvalue weighted by Crippen LogP contribution is 2.33. The zero-order valence-electron chi connectivity index (χ0n) is 14.7. The number of aryl methyl sites for hydroxylation is 2. The number of ether oxygens (including phenoxy) is 1. The Labute approximate surface area is 143 Å². The van der Waals surface area contributed by atoms with E-state index < -0.39 is 5.60 Å². The van der Waals surface area contributed by atoms with E-state index in [1.54, 1.807) is 0 Å². The van der Waals surface area contributed by atoms with Crippen LogP contribution in [0.3, 0.4) is 0 Å². The molecule has 1 N–H and O–H groups in total. The van der Waals surface area contributed by atoms with Crippen molar-refractivity contribution in [3.63, 3.8) is 0 Å². The van der Waals surface area contributed by atoms with Gasteiger partial charge in [-0.3, -0.25) is 0 Å². The molecule has 1 amide bonds. The molecule has 2 aromatic rings. The van der Waals surface area contributed by atoms with E-state index in [0.717, 1.165) is 19.3 Å². The molecule has 0 heterocycles. The third-order valence-corrected chi connectivity index (χ3v) is 4.19. The molecule has 0 aliphatic heterocycles. The van der Waals surface area contributed by atoms with E-state index in [4.69, 9.17) is 4.74 Å². The molecule has 0 atom stereocenters. The second-order valence-corrected chi connectivity index (χ2v) is 7.27. The number of alkyl carbamates (subject to hydrolysis) is 1. The molecule has 0 saturated carbocycles. The van der Waals surface area contributed by atoms with Gasteiger partial charge >= 0.3 is 6.09 Å². The molecule has 0 radical (unpaired) electrons. The average Bonchev–Trinajstić information content (AvgIpc) is 2.92. The van der Waals surface area contributed by atoms with E-state index in [9.17, 15) is 4.79 Å². The van der Waals surface area contributed by atoms with Gasteiger partial charge in [-0.1, -0.05) is 42.5 Å². The minimum Gasteiger partial charge on any atom is -0.444 e. The van der Waals surface area contributed by atoms with Crippen molar-refractivity contribution in [2.45, 2.75) is 45.6 Å². The van der Waals surface area contributed by atoms with Crippen molar-refractivity contribution in [2.75, 3.05) is 6.54 Å². The second-order valence-electron chi connectivity index (χ2n) is 7.27. The molecule has 1 aliphatic rings. The van der Waals surface area contributed by atoms with E-state index in [1.807, 2.05) is 20.8 Å². The Hall–Kier alpha value is -2.29. The van der Waals surface area contributed by atoms with Gasteiger partial charge in [0.1, 0.15) is 5.60 Å². The van der Waals surface area contributed by atoms with Crippen LogP contribution in [0.5, 0.6) is 0 Å². The van der Waals surface area contributed by atoms with Crippen LogP contribution in [0, 0.1) is 0 Å². The Morgan fingerprint density at radius 3 is 2.67 bits per heavy atom. The predicted octanol–water partition coefficient (Wildman–Crippen LogP) is 4.87. The van der Waals surface area contributed by atoms with Crippen molar-refractivity contribution in [1.29, 1.82) is 0 Å². The van der Waals surface area contributed by atoms with Crippen LogP contribution in [0.4, 0.5) is 4.79 Å². The fraction of sp³-hybridized carbons (Fsp3) is 0.381. The SMILES string of the molecule is CC(C)(C)OC(=O)NCCC=Cc1ccc2c3c(cccc13)CC2. The maximum Gasteiger partial charge on any atom is 0.407 e. The lowest BCUT2D eigenvalue weighted by Gasteiger charge is -2.19. The van der Waals surface area contributed by atoms with E-state index in [2.05, 4.69) is 47.8 Å². The summed E-state index contributed by atoms with van der Waals surface area (Å²) in [4.78, 5) is 11.6. The molecule has 126 valence electrons. The van der Waals surface area contributed by atoms with Crippen molar-refractivity contribution < 1.29 is 9.53 Å². The van der Waals surface area contributed by atoms with Gasteiger partial charge in [0, 0.05) is 6.54 Å². The molecule has 0 saturated heterocycles. The van der Waals surface area contributed by atoms with Crippen molar-refractivity contribution in [3.05, 3.63) is 53.1 Å². The van der Waals surface area contributed by atoms with Gasteiger partial charge in [-0.2, -0.15) is 0 Å². The minimum atomic E-state index is -0.454. The molecule has 3 heteroatoms. The van der Waals surface area contributed by atoms with Gasteiger partial charge in [-0.05, 0) is 67.5 Å². The summed E-state index contributed by atoms with van der Waals surface area (Å²) < 4.78 is 5.22. The van der Waals surface area contributed by atoms with Gasteiger partial charge in [0.05, 0.1) is 0 Å². The summed E-state index contributed by atoms with van der Waals surface area (Å²) in [6, 6.07) is 11.0. The number of hydrogen-bond donors (Lipinski definition) is 1. The van der Waals surface area contributed by atoms with E-state index in [1.165, 1.54) is 27.5 Å². The van der Waals surface area contributed by atoms with Crippen molar-refractivity contribution in [3.8, 4) is 0 Å². The number of rotatable bonds is 4. The third-order valence-electron chi connectivity index (χ3n) is 4.19. The molecule has 2 aromatic carbocycles. The Kier molecular flexibility index (Phi) is 4.61.